The summed E-state index contributed by atoms with van der Waals surface area (Å²) in [6, 6.07) is 6.77. The molecule has 1 aromatic carbocycles. The number of carbonyl (C=O) groups excluding carboxylic acids is 2. The lowest BCUT2D eigenvalue weighted by molar-refractivity contribution is -0.119. The minimum absolute atomic E-state index is 0.464. The molecule has 0 bridgehead atoms. The Bertz CT molecular complexity index is 694. The third-order valence-electron chi connectivity index (χ3n) is 2.38. The van der Waals surface area contributed by atoms with Crippen molar-refractivity contribution in [2.45, 2.75) is 16.5 Å². The monoisotopic (exact) mass is 401 g/mol. The number of rotatable bonds is 5. The molecule has 2 aromatic rings. The van der Waals surface area contributed by atoms with Gasteiger partial charge in [-0.05, 0) is 25.1 Å². The van der Waals surface area contributed by atoms with Crippen LogP contribution in [0.2, 0.25) is 0 Å². The Labute approximate surface area is 143 Å². The number of hydrogen-bond acceptors (Lipinski definition) is 7. The zero-order chi connectivity index (χ0) is 16.1. The fourth-order valence-corrected chi connectivity index (χ4v) is 3.74. The summed E-state index contributed by atoms with van der Waals surface area (Å²) in [5.74, 6) is -0.464. The molecule has 2 rings (SSSR count). The summed E-state index contributed by atoms with van der Waals surface area (Å²) in [7, 11) is 0. The second-order valence-electron chi connectivity index (χ2n) is 4.12. The number of aromatic nitrogens is 2. The molecule has 0 saturated carbocycles. The first-order chi connectivity index (χ1) is 10.4. The lowest BCUT2D eigenvalue weighted by atomic mass is 10.3. The average molecular weight is 402 g/mol. The fourth-order valence-electron chi connectivity index (χ4n) is 1.43. The SMILES string of the molecule is CC(Sc1nnc(Nc2cccc(Br)c2)s1)C(=O)NC(N)=O. The van der Waals surface area contributed by atoms with Gasteiger partial charge in [0.2, 0.25) is 11.0 Å². The molecule has 1 unspecified atom stereocenters. The number of nitrogens with two attached hydrogens (primary N) is 1. The van der Waals surface area contributed by atoms with Crippen LogP contribution >= 0.6 is 39.0 Å². The fraction of sp³-hybridized carbons (Fsp3) is 0.167. The topological polar surface area (TPSA) is 110 Å². The van der Waals surface area contributed by atoms with E-state index in [-0.39, 0.29) is 0 Å². The zero-order valence-electron chi connectivity index (χ0n) is 11.4. The summed E-state index contributed by atoms with van der Waals surface area (Å²) < 4.78 is 1.57. The van der Waals surface area contributed by atoms with Crippen molar-refractivity contribution >= 4 is 61.8 Å². The molecule has 7 nitrogen and oxygen atoms in total. The lowest BCUT2D eigenvalue weighted by Gasteiger charge is -2.06. The molecule has 0 radical (unpaired) electrons. The minimum atomic E-state index is -0.869. The normalized spacial score (nSPS) is 11.7. The summed E-state index contributed by atoms with van der Waals surface area (Å²) in [5, 5.41) is 13.3. The first kappa shape index (κ1) is 16.7. The Morgan fingerprint density at radius 3 is 2.86 bits per heavy atom. The molecule has 0 fully saturated rings. The number of nitrogens with zero attached hydrogens (tertiary/aromatic N) is 2. The van der Waals surface area contributed by atoms with Crippen molar-refractivity contribution in [3.8, 4) is 0 Å². The number of urea groups is 1. The van der Waals surface area contributed by atoms with E-state index < -0.39 is 17.2 Å². The van der Waals surface area contributed by atoms with E-state index in [1.807, 2.05) is 29.6 Å². The summed E-state index contributed by atoms with van der Waals surface area (Å²) in [5.41, 5.74) is 5.78. The number of hydrogen-bond donors (Lipinski definition) is 3. The van der Waals surface area contributed by atoms with Crippen molar-refractivity contribution in [3.63, 3.8) is 0 Å². The van der Waals surface area contributed by atoms with Gasteiger partial charge in [0.15, 0.2) is 4.34 Å². The molecule has 116 valence electrons. The summed E-state index contributed by atoms with van der Waals surface area (Å²) in [6.45, 7) is 1.66. The van der Waals surface area contributed by atoms with E-state index in [0.29, 0.717) is 9.47 Å². The molecule has 10 heteroatoms. The Morgan fingerprint density at radius 1 is 1.41 bits per heavy atom. The molecular weight excluding hydrogens is 390 g/mol. The van der Waals surface area contributed by atoms with Crippen LogP contribution in [0.4, 0.5) is 15.6 Å². The van der Waals surface area contributed by atoms with Gasteiger partial charge < -0.3 is 11.1 Å². The Balaban J connectivity index is 1.96. The smallest absolute Gasteiger partial charge is 0.318 e. The molecule has 1 aromatic heterocycles. The van der Waals surface area contributed by atoms with Crippen LogP contribution in [-0.4, -0.2) is 27.4 Å². The third kappa shape index (κ3) is 4.97. The quantitative estimate of drug-likeness (QED) is 0.664. The van der Waals surface area contributed by atoms with Gasteiger partial charge in [0.1, 0.15) is 0 Å². The molecule has 0 spiro atoms. The average Bonchev–Trinajstić information content (AvgIpc) is 2.85. The number of thioether (sulfide) groups is 1. The van der Waals surface area contributed by atoms with Crippen LogP contribution in [-0.2, 0) is 4.79 Å². The third-order valence-corrected chi connectivity index (χ3v) is 4.89. The van der Waals surface area contributed by atoms with Gasteiger partial charge in [-0.1, -0.05) is 45.1 Å². The number of amides is 3. The Hall–Kier alpha value is -1.65. The molecule has 1 heterocycles. The molecule has 0 aliphatic carbocycles. The number of imide groups is 1. The number of nitrogens with one attached hydrogen (secondary N) is 2. The van der Waals surface area contributed by atoms with Crippen molar-refractivity contribution in [3.05, 3.63) is 28.7 Å². The highest BCUT2D eigenvalue weighted by molar-refractivity contribution is 9.10. The second-order valence-corrected chi connectivity index (χ2v) is 7.60. The number of primary amides is 1. The van der Waals surface area contributed by atoms with Gasteiger partial charge in [-0.25, -0.2) is 4.79 Å². The first-order valence-electron chi connectivity index (χ1n) is 6.07. The predicted octanol–water partition coefficient (Wildman–Crippen LogP) is 2.72. The van der Waals surface area contributed by atoms with Crippen LogP contribution in [0, 0.1) is 0 Å². The van der Waals surface area contributed by atoms with Crippen molar-refractivity contribution in [1.82, 2.24) is 15.5 Å². The standard InChI is InChI=1S/C12H12BrN5O2S2/c1-6(9(19)16-10(14)20)21-12-18-17-11(22-12)15-8-4-2-3-7(13)5-8/h2-6H,1H3,(H,15,17)(H3,14,16,19,20). The van der Waals surface area contributed by atoms with Crippen LogP contribution < -0.4 is 16.4 Å². The largest absolute Gasteiger partial charge is 0.351 e. The molecular formula is C12H12BrN5O2S2. The van der Waals surface area contributed by atoms with Crippen LogP contribution in [0.15, 0.2) is 33.1 Å². The maximum Gasteiger partial charge on any atom is 0.318 e. The number of anilines is 2. The van der Waals surface area contributed by atoms with E-state index in [9.17, 15) is 9.59 Å². The molecule has 1 atom stereocenters. The molecule has 3 amide bonds. The minimum Gasteiger partial charge on any atom is -0.351 e. The summed E-state index contributed by atoms with van der Waals surface area (Å²) >= 11 is 5.91. The van der Waals surface area contributed by atoms with Gasteiger partial charge in [0.25, 0.3) is 0 Å². The highest BCUT2D eigenvalue weighted by atomic mass is 79.9. The molecule has 0 aliphatic rings. The van der Waals surface area contributed by atoms with Gasteiger partial charge in [-0.3, -0.25) is 10.1 Å². The maximum absolute atomic E-state index is 11.6. The number of carbonyl (C=O) groups is 2. The van der Waals surface area contributed by atoms with E-state index in [1.165, 1.54) is 23.1 Å². The Morgan fingerprint density at radius 2 is 2.18 bits per heavy atom. The second kappa shape index (κ2) is 7.56. The van der Waals surface area contributed by atoms with Crippen LogP contribution in [0.5, 0.6) is 0 Å². The van der Waals surface area contributed by atoms with E-state index in [4.69, 9.17) is 5.73 Å². The van der Waals surface area contributed by atoms with Crippen LogP contribution in [0.1, 0.15) is 6.92 Å². The molecule has 0 aliphatic heterocycles. The summed E-state index contributed by atoms with van der Waals surface area (Å²) in [4.78, 5) is 22.2. The lowest BCUT2D eigenvalue weighted by Crippen LogP contribution is -2.39. The van der Waals surface area contributed by atoms with Crippen LogP contribution in [0.25, 0.3) is 0 Å². The van der Waals surface area contributed by atoms with Crippen molar-refractivity contribution in [1.29, 1.82) is 0 Å². The van der Waals surface area contributed by atoms with E-state index in [2.05, 4.69) is 31.4 Å². The highest BCUT2D eigenvalue weighted by Gasteiger charge is 2.18. The van der Waals surface area contributed by atoms with Crippen molar-refractivity contribution in [2.75, 3.05) is 5.32 Å². The van der Waals surface area contributed by atoms with Gasteiger partial charge in [-0.15, -0.1) is 10.2 Å². The number of benzene rings is 1. The van der Waals surface area contributed by atoms with E-state index >= 15 is 0 Å². The molecule has 0 saturated heterocycles. The van der Waals surface area contributed by atoms with E-state index in [0.717, 1.165) is 10.2 Å². The number of halogens is 1. The van der Waals surface area contributed by atoms with Crippen molar-refractivity contribution < 1.29 is 9.59 Å². The van der Waals surface area contributed by atoms with Gasteiger partial charge in [0.05, 0.1) is 5.25 Å². The molecule has 4 N–H and O–H groups in total. The van der Waals surface area contributed by atoms with Crippen molar-refractivity contribution in [2.24, 2.45) is 5.73 Å². The Kier molecular flexibility index (Phi) is 5.75. The summed E-state index contributed by atoms with van der Waals surface area (Å²) in [6.07, 6.45) is 0. The van der Waals surface area contributed by atoms with Gasteiger partial charge in [-0.2, -0.15) is 0 Å². The van der Waals surface area contributed by atoms with Gasteiger partial charge in [0, 0.05) is 10.2 Å². The van der Waals surface area contributed by atoms with Gasteiger partial charge >= 0.3 is 6.03 Å². The molecule has 22 heavy (non-hydrogen) atoms. The highest BCUT2D eigenvalue weighted by Crippen LogP contribution is 2.30. The predicted molar refractivity (Wildman–Crippen MR) is 90.4 cm³/mol. The van der Waals surface area contributed by atoms with Crippen LogP contribution in [0.3, 0.4) is 0 Å². The van der Waals surface area contributed by atoms with E-state index in [1.54, 1.807) is 6.92 Å². The zero-order valence-corrected chi connectivity index (χ0v) is 14.6. The first-order valence-corrected chi connectivity index (χ1v) is 8.56. The maximum atomic E-state index is 11.6.